The van der Waals surface area contributed by atoms with E-state index < -0.39 is 0 Å². The number of hydrogen-bond donors (Lipinski definition) is 2. The highest BCUT2D eigenvalue weighted by Gasteiger charge is 1.94. The largest absolute Gasteiger partial charge is 0.468 e. The first kappa shape index (κ1) is 11.8. The van der Waals surface area contributed by atoms with Gasteiger partial charge in [-0.1, -0.05) is 0 Å². The summed E-state index contributed by atoms with van der Waals surface area (Å²) in [4.78, 5) is 0. The van der Waals surface area contributed by atoms with E-state index in [2.05, 4.69) is 5.32 Å². The fraction of sp³-hybridized carbons (Fsp3) is 0.455. The smallest absolute Gasteiger partial charge is 0.188 e. The van der Waals surface area contributed by atoms with Gasteiger partial charge in [0.1, 0.15) is 5.75 Å². The van der Waals surface area contributed by atoms with E-state index in [-0.39, 0.29) is 6.79 Å². The summed E-state index contributed by atoms with van der Waals surface area (Å²) in [5.74, 6) is 0.807. The summed E-state index contributed by atoms with van der Waals surface area (Å²) in [5.41, 5.74) is 6.47. The topological polar surface area (TPSA) is 56.5 Å². The molecule has 0 unspecified atom stereocenters. The average Bonchev–Trinajstić information content (AvgIpc) is 2.28. The van der Waals surface area contributed by atoms with Gasteiger partial charge in [0.2, 0.25) is 0 Å². The zero-order chi connectivity index (χ0) is 10.9. The third kappa shape index (κ3) is 4.67. The van der Waals surface area contributed by atoms with E-state index in [9.17, 15) is 0 Å². The Kier molecular flexibility index (Phi) is 5.58. The minimum Gasteiger partial charge on any atom is -0.468 e. The minimum absolute atomic E-state index is 0.278. The number of methoxy groups -OCH3 is 1. The molecule has 0 saturated carbocycles. The maximum absolute atomic E-state index is 5.40. The lowest BCUT2D eigenvalue weighted by Gasteiger charge is -2.07. The predicted octanol–water partition coefficient (Wildman–Crippen LogP) is 1.43. The van der Waals surface area contributed by atoms with Gasteiger partial charge in [-0.25, -0.2) is 0 Å². The van der Waals surface area contributed by atoms with E-state index in [1.54, 1.807) is 7.11 Å². The number of anilines is 1. The van der Waals surface area contributed by atoms with E-state index in [1.807, 2.05) is 24.3 Å². The van der Waals surface area contributed by atoms with Crippen LogP contribution in [-0.2, 0) is 4.74 Å². The summed E-state index contributed by atoms with van der Waals surface area (Å²) in [6.45, 7) is 1.89. The number of ether oxygens (including phenoxy) is 2. The van der Waals surface area contributed by atoms with Gasteiger partial charge in [0, 0.05) is 19.3 Å². The van der Waals surface area contributed by atoms with Crippen LogP contribution in [0.15, 0.2) is 24.3 Å². The molecular weight excluding hydrogens is 192 g/mol. The Hall–Kier alpha value is -1.26. The van der Waals surface area contributed by atoms with Crippen LogP contribution in [0.4, 0.5) is 5.69 Å². The van der Waals surface area contributed by atoms with Gasteiger partial charge in [0.25, 0.3) is 0 Å². The molecule has 1 aromatic carbocycles. The van der Waals surface area contributed by atoms with Crippen molar-refractivity contribution >= 4 is 5.69 Å². The molecule has 0 bridgehead atoms. The van der Waals surface area contributed by atoms with E-state index in [4.69, 9.17) is 15.2 Å². The number of nitrogens with one attached hydrogen (secondary N) is 1. The molecule has 0 fully saturated rings. The normalized spacial score (nSPS) is 10.0. The average molecular weight is 210 g/mol. The molecule has 0 aliphatic heterocycles. The molecule has 0 saturated heterocycles. The second-order valence-electron chi connectivity index (χ2n) is 3.14. The van der Waals surface area contributed by atoms with Crippen molar-refractivity contribution in [3.8, 4) is 5.75 Å². The molecule has 0 radical (unpaired) electrons. The highest BCUT2D eigenvalue weighted by molar-refractivity contribution is 5.46. The van der Waals surface area contributed by atoms with Crippen LogP contribution in [0.1, 0.15) is 6.42 Å². The van der Waals surface area contributed by atoms with Crippen molar-refractivity contribution in [3.63, 3.8) is 0 Å². The maximum atomic E-state index is 5.40. The fourth-order valence-corrected chi connectivity index (χ4v) is 1.13. The molecule has 4 heteroatoms. The Morgan fingerprint density at radius 1 is 1.27 bits per heavy atom. The zero-order valence-electron chi connectivity index (χ0n) is 9.03. The molecule has 0 aliphatic carbocycles. The van der Waals surface area contributed by atoms with Crippen molar-refractivity contribution in [1.29, 1.82) is 0 Å². The Morgan fingerprint density at radius 3 is 2.60 bits per heavy atom. The van der Waals surface area contributed by atoms with Crippen molar-refractivity contribution in [2.24, 2.45) is 5.73 Å². The van der Waals surface area contributed by atoms with Gasteiger partial charge in [-0.05, 0) is 37.2 Å². The highest BCUT2D eigenvalue weighted by atomic mass is 16.7. The van der Waals surface area contributed by atoms with Crippen LogP contribution in [0.5, 0.6) is 5.75 Å². The van der Waals surface area contributed by atoms with Gasteiger partial charge in [-0.15, -0.1) is 0 Å². The van der Waals surface area contributed by atoms with Crippen LogP contribution in [0.3, 0.4) is 0 Å². The monoisotopic (exact) mass is 210 g/mol. The molecule has 3 N–H and O–H groups in total. The van der Waals surface area contributed by atoms with Crippen molar-refractivity contribution in [1.82, 2.24) is 0 Å². The van der Waals surface area contributed by atoms with Crippen LogP contribution < -0.4 is 15.8 Å². The molecule has 0 amide bonds. The lowest BCUT2D eigenvalue weighted by Crippen LogP contribution is -2.08. The van der Waals surface area contributed by atoms with Crippen LogP contribution in [0.2, 0.25) is 0 Å². The Labute approximate surface area is 90.4 Å². The number of benzene rings is 1. The van der Waals surface area contributed by atoms with Crippen molar-refractivity contribution in [2.75, 3.05) is 32.3 Å². The Balaban J connectivity index is 2.35. The van der Waals surface area contributed by atoms with Gasteiger partial charge in [-0.2, -0.15) is 0 Å². The molecular formula is C11H18N2O2. The molecule has 0 atom stereocenters. The second-order valence-corrected chi connectivity index (χ2v) is 3.14. The summed E-state index contributed by atoms with van der Waals surface area (Å²) < 4.78 is 10.1. The van der Waals surface area contributed by atoms with Crippen LogP contribution in [0, 0.1) is 0 Å². The molecule has 0 aliphatic rings. The Morgan fingerprint density at radius 2 is 2.00 bits per heavy atom. The molecule has 0 heterocycles. The standard InChI is InChI=1S/C11H18N2O2/c1-14-9-15-11-5-3-10(4-6-11)13-8-2-7-12/h3-6,13H,2,7-9,12H2,1H3. The van der Waals surface area contributed by atoms with Crippen molar-refractivity contribution in [3.05, 3.63) is 24.3 Å². The zero-order valence-corrected chi connectivity index (χ0v) is 9.03. The predicted molar refractivity (Wildman–Crippen MR) is 61.1 cm³/mol. The second kappa shape index (κ2) is 7.09. The summed E-state index contributed by atoms with van der Waals surface area (Å²) in [6, 6.07) is 7.76. The number of nitrogens with two attached hydrogens (primary N) is 1. The molecule has 0 aromatic heterocycles. The van der Waals surface area contributed by atoms with Crippen LogP contribution >= 0.6 is 0 Å². The van der Waals surface area contributed by atoms with Gasteiger partial charge < -0.3 is 20.5 Å². The van der Waals surface area contributed by atoms with E-state index in [0.717, 1.165) is 24.4 Å². The summed E-state index contributed by atoms with van der Waals surface area (Å²) in [7, 11) is 1.60. The summed E-state index contributed by atoms with van der Waals surface area (Å²) in [5, 5.41) is 3.26. The Bertz CT molecular complexity index is 262. The van der Waals surface area contributed by atoms with Crippen LogP contribution in [0.25, 0.3) is 0 Å². The van der Waals surface area contributed by atoms with Gasteiger partial charge in [0.15, 0.2) is 6.79 Å². The quantitative estimate of drug-likeness (QED) is 0.528. The first-order chi connectivity index (χ1) is 7.36. The van der Waals surface area contributed by atoms with E-state index in [0.29, 0.717) is 6.54 Å². The van der Waals surface area contributed by atoms with E-state index >= 15 is 0 Å². The van der Waals surface area contributed by atoms with Crippen molar-refractivity contribution < 1.29 is 9.47 Å². The summed E-state index contributed by atoms with van der Waals surface area (Å²) in [6.07, 6.45) is 0.974. The molecule has 0 spiro atoms. The third-order valence-electron chi connectivity index (χ3n) is 1.91. The number of rotatable bonds is 7. The van der Waals surface area contributed by atoms with Gasteiger partial charge in [-0.3, -0.25) is 0 Å². The molecule has 84 valence electrons. The highest BCUT2D eigenvalue weighted by Crippen LogP contribution is 2.15. The molecule has 1 aromatic rings. The molecule has 1 rings (SSSR count). The molecule has 4 nitrogen and oxygen atoms in total. The third-order valence-corrected chi connectivity index (χ3v) is 1.91. The van der Waals surface area contributed by atoms with Crippen molar-refractivity contribution in [2.45, 2.75) is 6.42 Å². The lowest BCUT2D eigenvalue weighted by molar-refractivity contribution is 0.0511. The van der Waals surface area contributed by atoms with E-state index in [1.165, 1.54) is 0 Å². The van der Waals surface area contributed by atoms with Crippen LogP contribution in [-0.4, -0.2) is 27.0 Å². The number of hydrogen-bond acceptors (Lipinski definition) is 4. The fourth-order valence-electron chi connectivity index (χ4n) is 1.13. The molecule has 15 heavy (non-hydrogen) atoms. The first-order valence-electron chi connectivity index (χ1n) is 5.02. The lowest BCUT2D eigenvalue weighted by atomic mass is 10.3. The minimum atomic E-state index is 0.278. The van der Waals surface area contributed by atoms with Gasteiger partial charge in [0.05, 0.1) is 0 Å². The summed E-state index contributed by atoms with van der Waals surface area (Å²) >= 11 is 0. The first-order valence-corrected chi connectivity index (χ1v) is 5.02. The maximum Gasteiger partial charge on any atom is 0.188 e. The SMILES string of the molecule is COCOc1ccc(NCCCN)cc1. The van der Waals surface area contributed by atoms with Gasteiger partial charge >= 0.3 is 0 Å².